The molecule has 0 saturated heterocycles. The van der Waals surface area contributed by atoms with Gasteiger partial charge in [0.2, 0.25) is 0 Å². The van der Waals surface area contributed by atoms with Crippen molar-refractivity contribution in [2.24, 2.45) is 7.05 Å². The summed E-state index contributed by atoms with van der Waals surface area (Å²) >= 11 is -0.700. The summed E-state index contributed by atoms with van der Waals surface area (Å²) in [5.41, 5.74) is 1.68. The molecule has 0 aliphatic rings. The molecule has 10 heteroatoms. The van der Waals surface area contributed by atoms with Crippen LogP contribution in [-0.2, 0) is 22.1 Å². The summed E-state index contributed by atoms with van der Waals surface area (Å²) in [5.74, 6) is 3.45. The van der Waals surface area contributed by atoms with E-state index in [1.807, 2.05) is 36.4 Å². The zero-order chi connectivity index (χ0) is 21.2. The summed E-state index contributed by atoms with van der Waals surface area (Å²) < 4.78 is 13.5. The fourth-order valence-electron chi connectivity index (χ4n) is 2.38. The SMILES string of the molecule is C#CCCOC(=O)Nc1cccc(CO[As]=C(c2ccccc2)c2nnnn2C)n1. The maximum absolute atomic E-state index is 11.7. The van der Waals surface area contributed by atoms with Crippen LogP contribution in [0.1, 0.15) is 23.5 Å². The van der Waals surface area contributed by atoms with Gasteiger partial charge in [-0.15, -0.1) is 0 Å². The average Bonchev–Trinajstić information content (AvgIpc) is 3.18. The molecule has 3 aromatic rings. The topological polar surface area (TPSA) is 104 Å². The summed E-state index contributed by atoms with van der Waals surface area (Å²) in [6.07, 6.45) is 4.89. The molecule has 1 N–H and O–H groups in total. The van der Waals surface area contributed by atoms with Gasteiger partial charge in [-0.2, -0.15) is 0 Å². The predicted octanol–water partition coefficient (Wildman–Crippen LogP) is 1.58. The molecular weight excluding hydrogens is 447 g/mol. The fraction of sp³-hybridized carbons (Fsp3) is 0.200. The number of amides is 1. The van der Waals surface area contributed by atoms with Crippen molar-refractivity contribution in [3.05, 3.63) is 65.6 Å². The molecule has 30 heavy (non-hydrogen) atoms. The molecular formula is C20H19AsN6O3. The minimum absolute atomic E-state index is 0.157. The molecule has 0 atom stereocenters. The number of hydrogen-bond acceptors (Lipinski definition) is 7. The van der Waals surface area contributed by atoms with Crippen molar-refractivity contribution in [1.29, 1.82) is 0 Å². The van der Waals surface area contributed by atoms with E-state index in [4.69, 9.17) is 14.9 Å². The van der Waals surface area contributed by atoms with Crippen LogP contribution in [-0.4, -0.2) is 57.8 Å². The van der Waals surface area contributed by atoms with Crippen LogP contribution in [0.15, 0.2) is 48.5 Å². The Morgan fingerprint density at radius 2 is 2.07 bits per heavy atom. The van der Waals surface area contributed by atoms with E-state index in [-0.39, 0.29) is 13.2 Å². The number of benzene rings is 1. The second-order valence-corrected chi connectivity index (χ2v) is 7.80. The Morgan fingerprint density at radius 1 is 1.23 bits per heavy atom. The van der Waals surface area contributed by atoms with Crippen molar-refractivity contribution < 1.29 is 13.3 Å². The van der Waals surface area contributed by atoms with E-state index in [1.165, 1.54) is 0 Å². The number of hydrogen-bond donors (Lipinski definition) is 1. The number of carbonyl (C=O) groups excluding carboxylic acids is 1. The summed E-state index contributed by atoms with van der Waals surface area (Å²) in [4.78, 5) is 16.1. The number of carbonyl (C=O) groups is 1. The van der Waals surface area contributed by atoms with Gasteiger partial charge in [0, 0.05) is 0 Å². The number of ether oxygens (including phenoxy) is 1. The van der Waals surface area contributed by atoms with Gasteiger partial charge in [0.15, 0.2) is 0 Å². The predicted molar refractivity (Wildman–Crippen MR) is 112 cm³/mol. The number of nitrogens with one attached hydrogen (secondary N) is 1. The van der Waals surface area contributed by atoms with E-state index in [1.54, 1.807) is 23.9 Å². The Bertz CT molecular complexity index is 1060. The monoisotopic (exact) mass is 466 g/mol. The molecule has 0 aliphatic carbocycles. The third-order valence-electron chi connectivity index (χ3n) is 3.76. The number of aryl methyl sites for hydroxylation is 1. The normalized spacial score (nSPS) is 11.0. The minimum atomic E-state index is -0.700. The van der Waals surface area contributed by atoms with Gasteiger partial charge in [0.1, 0.15) is 0 Å². The van der Waals surface area contributed by atoms with E-state index in [0.29, 0.717) is 23.8 Å². The van der Waals surface area contributed by atoms with Crippen LogP contribution < -0.4 is 5.32 Å². The van der Waals surface area contributed by atoms with Crippen LogP contribution in [0.25, 0.3) is 0 Å². The molecule has 0 radical (unpaired) electrons. The van der Waals surface area contributed by atoms with Crippen molar-refractivity contribution in [2.75, 3.05) is 11.9 Å². The number of nitrogens with zero attached hydrogens (tertiary/aromatic N) is 5. The summed E-state index contributed by atoms with van der Waals surface area (Å²) in [5, 5.41) is 14.3. The van der Waals surface area contributed by atoms with Gasteiger partial charge < -0.3 is 0 Å². The molecule has 0 saturated carbocycles. The van der Waals surface area contributed by atoms with Gasteiger partial charge in [-0.1, -0.05) is 0 Å². The van der Waals surface area contributed by atoms with Crippen molar-refractivity contribution in [2.45, 2.75) is 13.0 Å². The summed E-state index contributed by atoms with van der Waals surface area (Å²) in [7, 11) is 1.79. The first-order chi connectivity index (χ1) is 14.7. The van der Waals surface area contributed by atoms with Crippen LogP contribution in [0.4, 0.5) is 10.6 Å². The van der Waals surface area contributed by atoms with Gasteiger partial charge >= 0.3 is 180 Å². The molecule has 9 nitrogen and oxygen atoms in total. The molecule has 0 fully saturated rings. The first-order valence-electron chi connectivity index (χ1n) is 8.98. The molecule has 152 valence electrons. The van der Waals surface area contributed by atoms with Gasteiger partial charge in [-0.3, -0.25) is 0 Å². The molecule has 0 bridgehead atoms. The molecule has 0 aliphatic heterocycles. The molecule has 3 rings (SSSR count). The van der Waals surface area contributed by atoms with Gasteiger partial charge in [0.25, 0.3) is 0 Å². The van der Waals surface area contributed by atoms with Crippen molar-refractivity contribution in [3.8, 4) is 12.3 Å². The number of anilines is 1. The quantitative estimate of drug-likeness (QED) is 0.306. The Hall–Kier alpha value is -3.34. The van der Waals surface area contributed by atoms with Gasteiger partial charge in [-0.25, -0.2) is 0 Å². The van der Waals surface area contributed by atoms with E-state index >= 15 is 0 Å². The van der Waals surface area contributed by atoms with Gasteiger partial charge in [-0.05, 0) is 0 Å². The van der Waals surface area contributed by atoms with E-state index in [0.717, 1.165) is 9.87 Å². The van der Waals surface area contributed by atoms with Crippen LogP contribution in [0.5, 0.6) is 0 Å². The molecule has 1 aromatic carbocycles. The first-order valence-corrected chi connectivity index (χ1v) is 10.7. The summed E-state index contributed by atoms with van der Waals surface area (Å²) in [6, 6.07) is 15.1. The molecule has 0 unspecified atom stereocenters. The second kappa shape index (κ2) is 11.0. The van der Waals surface area contributed by atoms with E-state index < -0.39 is 21.7 Å². The molecule has 2 heterocycles. The van der Waals surface area contributed by atoms with Crippen LogP contribution in [0, 0.1) is 12.3 Å². The number of aromatic nitrogens is 5. The summed E-state index contributed by atoms with van der Waals surface area (Å²) in [6.45, 7) is 0.438. The van der Waals surface area contributed by atoms with Crippen LogP contribution in [0.3, 0.4) is 0 Å². The fourth-order valence-corrected chi connectivity index (χ4v) is 4.17. The number of terminal acetylenes is 1. The Labute approximate surface area is 180 Å². The average molecular weight is 466 g/mol. The second-order valence-electron chi connectivity index (χ2n) is 5.93. The van der Waals surface area contributed by atoms with E-state index in [2.05, 4.69) is 31.7 Å². The number of rotatable bonds is 8. The standard InChI is InChI=1S/C20H19AsN6O3/c1-3-4-13-29-20(28)23-17-12-8-11-16(22-17)14-30-21-18(15-9-6-5-7-10-15)19-24-25-26-27(19)2/h1,5-12H,4,13-14H2,2H3,(H,22,23,28). The molecule has 0 spiro atoms. The molecule has 2 aromatic heterocycles. The zero-order valence-corrected chi connectivity index (χ0v) is 18.1. The number of tetrazole rings is 1. The van der Waals surface area contributed by atoms with E-state index in [9.17, 15) is 4.79 Å². The van der Waals surface area contributed by atoms with Crippen molar-refractivity contribution in [1.82, 2.24) is 25.2 Å². The third-order valence-corrected chi connectivity index (χ3v) is 5.65. The first kappa shape index (κ1) is 21.4. The van der Waals surface area contributed by atoms with Gasteiger partial charge in [0.05, 0.1) is 0 Å². The zero-order valence-electron chi connectivity index (χ0n) is 16.2. The Kier molecular flexibility index (Phi) is 7.84. The third kappa shape index (κ3) is 6.08. The van der Waals surface area contributed by atoms with Crippen LogP contribution in [0.2, 0.25) is 0 Å². The number of pyridine rings is 1. The van der Waals surface area contributed by atoms with Crippen molar-refractivity contribution >= 4 is 31.9 Å². The Balaban J connectivity index is 1.68. The Morgan fingerprint density at radius 3 is 2.80 bits per heavy atom. The van der Waals surface area contributed by atoms with Crippen LogP contribution >= 0.6 is 0 Å². The maximum atomic E-state index is 11.7. The van der Waals surface area contributed by atoms with Crippen molar-refractivity contribution in [3.63, 3.8) is 0 Å². The molecule has 1 amide bonds.